The summed E-state index contributed by atoms with van der Waals surface area (Å²) in [5.41, 5.74) is 18.1. The van der Waals surface area contributed by atoms with E-state index < -0.39 is 17.6 Å². The molecule has 19 nitrogen and oxygen atoms in total. The number of imidazole rings is 1. The van der Waals surface area contributed by atoms with Gasteiger partial charge in [-0.25, -0.2) is 14.4 Å². The molecular formula is C105H78CuF2Ir4N13O6-5. The maximum absolute atomic E-state index is 12.8. The predicted molar refractivity (Wildman–Crippen MR) is 491 cm³/mol. The third-order valence-corrected chi connectivity index (χ3v) is 19.4. The van der Waals surface area contributed by atoms with Gasteiger partial charge >= 0.3 is 17.1 Å². The maximum atomic E-state index is 12.8. The molecule has 2 aliphatic heterocycles. The van der Waals surface area contributed by atoms with Gasteiger partial charge in [-0.05, 0) is 120 Å². The average Bonchev–Trinajstić information content (AvgIpc) is 1.60. The molecule has 3 N–H and O–H groups in total. The number of benzene rings is 11. The minimum Gasteiger partial charge on any atom is -0.521 e. The van der Waals surface area contributed by atoms with E-state index in [1.807, 2.05) is 188 Å². The molecule has 0 unspecified atom stereocenters. The van der Waals surface area contributed by atoms with Crippen LogP contribution in [0.5, 0.6) is 0 Å². The molecule has 21 rings (SSSR count). The Morgan fingerprint density at radius 1 is 0.397 bits per heavy atom. The summed E-state index contributed by atoms with van der Waals surface area (Å²) in [6.45, 7) is 12.3. The van der Waals surface area contributed by atoms with Crippen LogP contribution in [-0.4, -0.2) is 87.1 Å². The number of aliphatic hydroxyl groups excluding tert-OH is 2. The number of aryl methyl sites for hydroxylation is 1. The molecular weight excluding hydrogens is 2410 g/mol. The molecule has 0 atom stereocenters. The van der Waals surface area contributed by atoms with E-state index in [4.69, 9.17) is 60.2 Å². The molecule has 131 heavy (non-hydrogen) atoms. The van der Waals surface area contributed by atoms with Crippen LogP contribution < -0.4 is 9.97 Å². The van der Waals surface area contributed by atoms with Crippen molar-refractivity contribution in [2.45, 2.75) is 54.4 Å². The van der Waals surface area contributed by atoms with E-state index in [2.05, 4.69) is 119 Å². The SMILES string of the molecule is CC(=O)C=C(C)O.CC(=O)C=C(C)O.Cc1cc[c-]c2c1c1ccccc1n1c3cc(C(C)C)ccc3nc21.Fc1c[c-]c(-c2ccccn2)cc1F.O=C(O)c1[c-]cccc1.[Cu+2].[Ir].[Ir].[Ir].[Ir].[c-]1ccccc1-c1ccccn1.[c-]1ccccc1-c1ccccn1.c1ccc2c(c1)-c1nc-2nc2[n-]c(nc3nc(nc4[n-]c(n1)c1ccccc41)-c1ccccc1-3)c1ccccc21. The molecule has 0 saturated carbocycles. The van der Waals surface area contributed by atoms with Crippen molar-refractivity contribution in [2.24, 2.45) is 0 Å². The molecule has 8 bridgehead atoms. The number of carbonyl (C=O) groups excluding carboxylic acids is 2. The van der Waals surface area contributed by atoms with Gasteiger partial charge in [-0.3, -0.25) is 19.0 Å². The Bertz CT molecular complexity index is 6910. The molecule has 0 fully saturated rings. The second-order valence-electron chi connectivity index (χ2n) is 28.9. The predicted octanol–water partition coefficient (Wildman–Crippen LogP) is 23.3. The van der Waals surface area contributed by atoms with Gasteiger partial charge in [-0.2, -0.15) is 0 Å². The fraction of sp³-hybridized carbons (Fsp3) is 0.0762. The Hall–Kier alpha value is -13.4. The number of carbonyl (C=O) groups is 3. The summed E-state index contributed by atoms with van der Waals surface area (Å²) in [6, 6.07) is 107. The van der Waals surface area contributed by atoms with E-state index in [1.165, 1.54) is 78.8 Å². The van der Waals surface area contributed by atoms with Gasteiger partial charge in [0.2, 0.25) is 5.97 Å². The van der Waals surface area contributed by atoms with Crippen LogP contribution in [0.15, 0.2) is 333 Å². The van der Waals surface area contributed by atoms with Crippen molar-refractivity contribution in [2.75, 3.05) is 0 Å². The number of aliphatic hydroxyl groups is 2. The molecule has 26 heteroatoms. The van der Waals surface area contributed by atoms with Gasteiger partial charge < -0.3 is 69.4 Å². The summed E-state index contributed by atoms with van der Waals surface area (Å²) in [5.74, 6) is -0.139. The summed E-state index contributed by atoms with van der Waals surface area (Å²) in [6.07, 6.45) is 7.50. The maximum Gasteiger partial charge on any atom is 2.00 e. The number of aromatic nitrogens is 13. The summed E-state index contributed by atoms with van der Waals surface area (Å²) in [5, 5.41) is 32.3. The van der Waals surface area contributed by atoms with Gasteiger partial charge in [0.05, 0.1) is 63.1 Å². The Morgan fingerprint density at radius 2 is 0.794 bits per heavy atom. The van der Waals surface area contributed by atoms with Crippen molar-refractivity contribution in [3.63, 3.8) is 0 Å². The summed E-state index contributed by atoms with van der Waals surface area (Å²) >= 11 is 0. The molecule has 0 amide bonds. The standard InChI is InChI=1S/C32H16N8.C23H19N2.C11H6F2N.2C11H8N.C7H5O2.2C5H8O2.Cu.4Ir/c1-2-10-18-17(9-1)25-33-26(18)38-28-21-13-5-6-14-22(21)30(35-28)40-32-24-16-8-7-15-23(24)31(36-32)39-29-20-12-4-3-11-19(20)27(34-29)37-25;1-14(2)16-11-12-19-21(13-16)25-20-10-5-4-8-17(20)22-15(3)7-6-9-18(22)23(25)24-19;12-9-5-4-8(7-10(9)13)11-3-1-2-6-14-11;2*1-2-6-10(7-3-1)11-8-4-5-9-12-11;8-7(9)6-4-2-1-3-5-6;2*1-4(6)3-5(2)7;;;;;/h1-16H;4-8,10-14H,1-3H3;1-3,5-7H;2*1-6,8-9H;1-4H,(H,8,9);2*3,6H,1-2H3;;;;;/q-2;5*-1;;;+2;;;;. The van der Waals surface area contributed by atoms with Gasteiger partial charge in [0, 0.05) is 162 Å². The number of fused-ring (bicyclic) bond motifs is 28. The molecule has 0 spiro atoms. The second-order valence-corrected chi connectivity index (χ2v) is 28.9. The number of ketones is 2. The topological polar surface area (TPSA) is 273 Å². The number of hydrogen-bond donors (Lipinski definition) is 3. The van der Waals surface area contributed by atoms with Crippen LogP contribution in [0.1, 0.15) is 68.9 Å². The van der Waals surface area contributed by atoms with E-state index in [0.29, 0.717) is 63.1 Å². The number of para-hydroxylation sites is 1. The van der Waals surface area contributed by atoms with Crippen molar-refractivity contribution in [3.05, 3.63) is 392 Å². The number of halogens is 2. The smallest absolute Gasteiger partial charge is 0.521 e. The van der Waals surface area contributed by atoms with Gasteiger partial charge in [0.1, 0.15) is 0 Å². The summed E-state index contributed by atoms with van der Waals surface area (Å²) in [7, 11) is 0. The number of hydrogen-bond acceptors (Lipinski definition) is 15. The van der Waals surface area contributed by atoms with Crippen molar-refractivity contribution in [1.82, 2.24) is 64.2 Å². The van der Waals surface area contributed by atoms with Crippen molar-refractivity contribution in [3.8, 4) is 79.3 Å². The van der Waals surface area contributed by atoms with E-state index in [0.717, 1.165) is 95.0 Å². The van der Waals surface area contributed by atoms with Crippen molar-refractivity contribution >= 4 is 100 Å². The van der Waals surface area contributed by atoms with Crippen LogP contribution >= 0.6 is 0 Å². The first-order valence-electron chi connectivity index (χ1n) is 39.9. The van der Waals surface area contributed by atoms with Gasteiger partial charge in [0.25, 0.3) is 0 Å². The molecule has 665 valence electrons. The van der Waals surface area contributed by atoms with Crippen LogP contribution in [0.25, 0.3) is 162 Å². The van der Waals surface area contributed by atoms with E-state index in [9.17, 15) is 23.2 Å². The number of aromatic carboxylic acids is 1. The van der Waals surface area contributed by atoms with E-state index in [1.54, 1.807) is 55.0 Å². The van der Waals surface area contributed by atoms with Crippen LogP contribution in [-0.2, 0) is 107 Å². The summed E-state index contributed by atoms with van der Waals surface area (Å²) in [4.78, 5) is 86.9. The number of carboxylic acid groups (broad SMARTS) is 1. The second kappa shape index (κ2) is 48.3. The van der Waals surface area contributed by atoms with Gasteiger partial charge in [-0.15, -0.1) is 150 Å². The number of allylic oxidation sites excluding steroid dienone is 4. The third kappa shape index (κ3) is 25.4. The van der Waals surface area contributed by atoms with Crippen LogP contribution in [0.3, 0.4) is 0 Å². The minimum absolute atomic E-state index is 0. The normalized spacial score (nSPS) is 10.7. The van der Waals surface area contributed by atoms with E-state index >= 15 is 0 Å². The molecule has 19 aromatic rings. The number of pyridine rings is 4. The molecule has 0 saturated heterocycles. The van der Waals surface area contributed by atoms with Gasteiger partial charge in [-0.1, -0.05) is 195 Å². The van der Waals surface area contributed by atoms with Gasteiger partial charge in [0.15, 0.2) is 11.6 Å². The van der Waals surface area contributed by atoms with Crippen LogP contribution in [0.4, 0.5) is 8.78 Å². The third-order valence-electron chi connectivity index (χ3n) is 19.4. The quantitative estimate of drug-likeness (QED) is 0.0440. The Labute approximate surface area is 818 Å². The summed E-state index contributed by atoms with van der Waals surface area (Å²) < 4.78 is 27.7. The fourth-order valence-corrected chi connectivity index (χ4v) is 13.7. The zero-order valence-corrected chi connectivity index (χ0v) is 81.5. The Morgan fingerprint density at radius 3 is 1.15 bits per heavy atom. The van der Waals surface area contributed by atoms with Crippen LogP contribution in [0.2, 0.25) is 0 Å². The zero-order valence-electron chi connectivity index (χ0n) is 70.9. The molecule has 10 heterocycles. The zero-order chi connectivity index (χ0) is 88.2. The first-order chi connectivity index (χ1) is 61.2. The average molecular weight is 2490 g/mol. The Kier molecular flexibility index (Phi) is 37.3. The Balaban J connectivity index is 0.000000183. The first-order valence-corrected chi connectivity index (χ1v) is 39.9. The number of rotatable bonds is 7. The minimum atomic E-state index is -0.935. The number of carboxylic acids is 1. The molecule has 2 aliphatic rings. The molecule has 11 aromatic carbocycles. The van der Waals surface area contributed by atoms with E-state index in [-0.39, 0.29) is 126 Å². The monoisotopic (exact) mass is 2490 g/mol. The molecule has 8 aromatic heterocycles. The van der Waals surface area contributed by atoms with Crippen molar-refractivity contribution in [1.29, 1.82) is 0 Å². The molecule has 0 aliphatic carbocycles. The largest absolute Gasteiger partial charge is 2.00 e. The first kappa shape index (κ1) is 101. The fourth-order valence-electron chi connectivity index (χ4n) is 13.7. The number of nitrogens with zero attached hydrogens (tertiary/aromatic N) is 13. The van der Waals surface area contributed by atoms with Crippen LogP contribution in [0, 0.1) is 48.9 Å². The van der Waals surface area contributed by atoms with Crippen molar-refractivity contribution < 1.29 is 136 Å². The molecule has 5 radical (unpaired) electrons.